The molecule has 2 atom stereocenters. The van der Waals surface area contributed by atoms with Crippen molar-refractivity contribution in [3.8, 4) is 0 Å². The van der Waals surface area contributed by atoms with Crippen molar-refractivity contribution in [3.63, 3.8) is 0 Å². The number of carbonyl (C=O) groups excluding carboxylic acids is 1. The van der Waals surface area contributed by atoms with E-state index in [4.69, 9.17) is 4.74 Å². The Morgan fingerprint density at radius 2 is 1.22 bits per heavy atom. The molecule has 0 saturated carbocycles. The average Bonchev–Trinajstić information content (AvgIpc) is 2.63. The van der Waals surface area contributed by atoms with Gasteiger partial charge < -0.3 is 4.74 Å². The van der Waals surface area contributed by atoms with Crippen LogP contribution >= 0.6 is 0 Å². The van der Waals surface area contributed by atoms with Gasteiger partial charge in [0.15, 0.2) is 0 Å². The van der Waals surface area contributed by atoms with E-state index in [1.54, 1.807) is 0 Å². The predicted molar refractivity (Wildman–Crippen MR) is 89.3 cm³/mol. The van der Waals surface area contributed by atoms with Gasteiger partial charge in [-0.3, -0.25) is 0 Å². The first-order valence-corrected chi connectivity index (χ1v) is 7.74. The highest BCUT2D eigenvalue weighted by atomic mass is 16.5. The largest absolute Gasteiger partial charge is 0.453 e. The summed E-state index contributed by atoms with van der Waals surface area (Å²) in [5.74, 6) is -0.242. The molecule has 1 aliphatic heterocycles. The molecule has 0 saturated heterocycles. The molecule has 2 unspecified atom stereocenters. The summed E-state index contributed by atoms with van der Waals surface area (Å²) in [5, 5.41) is 0. The molecule has 23 heavy (non-hydrogen) atoms. The Morgan fingerprint density at radius 1 is 0.652 bits per heavy atom. The number of fused-ring (bicyclic) bond motifs is 1. The van der Waals surface area contributed by atoms with Crippen molar-refractivity contribution in [2.24, 2.45) is 0 Å². The predicted octanol–water partition coefficient (Wildman–Crippen LogP) is 4.73. The highest BCUT2D eigenvalue weighted by Gasteiger charge is 2.37. The third kappa shape index (κ3) is 2.42. The lowest BCUT2D eigenvalue weighted by Crippen LogP contribution is -2.27. The summed E-state index contributed by atoms with van der Waals surface area (Å²) in [6, 6.07) is 27.9. The van der Waals surface area contributed by atoms with Gasteiger partial charge >= 0.3 is 5.97 Å². The number of benzene rings is 3. The first-order chi connectivity index (χ1) is 11.3. The molecule has 0 aromatic heterocycles. The number of esters is 1. The van der Waals surface area contributed by atoms with Crippen LogP contribution in [0.3, 0.4) is 0 Å². The van der Waals surface area contributed by atoms with E-state index in [0.717, 1.165) is 16.7 Å². The van der Waals surface area contributed by atoms with Crippen LogP contribution in [0.4, 0.5) is 0 Å². The van der Waals surface area contributed by atoms with Crippen LogP contribution in [0, 0.1) is 0 Å². The van der Waals surface area contributed by atoms with E-state index >= 15 is 0 Å². The second-order valence-electron chi connectivity index (χ2n) is 5.71. The van der Waals surface area contributed by atoms with Gasteiger partial charge in [-0.25, -0.2) is 4.79 Å². The number of ether oxygens (including phenoxy) is 1. The van der Waals surface area contributed by atoms with Gasteiger partial charge in [0.05, 0.1) is 11.5 Å². The molecule has 2 heteroatoms. The fraction of sp³-hybridized carbons (Fsp3) is 0.0952. The lowest BCUT2D eigenvalue weighted by Gasteiger charge is -2.33. The number of rotatable bonds is 2. The van der Waals surface area contributed by atoms with Crippen molar-refractivity contribution in [3.05, 3.63) is 107 Å². The molecule has 1 heterocycles. The minimum atomic E-state index is -0.305. The van der Waals surface area contributed by atoms with Gasteiger partial charge in [-0.15, -0.1) is 0 Å². The summed E-state index contributed by atoms with van der Waals surface area (Å²) >= 11 is 0. The molecule has 4 rings (SSSR count). The van der Waals surface area contributed by atoms with E-state index < -0.39 is 0 Å². The molecular weight excluding hydrogens is 284 g/mol. The third-order valence-electron chi connectivity index (χ3n) is 4.34. The zero-order chi connectivity index (χ0) is 15.6. The summed E-state index contributed by atoms with van der Waals surface area (Å²) in [6.07, 6.45) is -0.305. The molecule has 0 amide bonds. The molecule has 0 aliphatic carbocycles. The molecule has 2 nitrogen and oxygen atoms in total. The Balaban J connectivity index is 1.91. The summed E-state index contributed by atoms with van der Waals surface area (Å²) in [7, 11) is 0. The number of hydrogen-bond donors (Lipinski definition) is 0. The highest BCUT2D eigenvalue weighted by molar-refractivity contribution is 5.93. The van der Waals surface area contributed by atoms with Crippen LogP contribution in [0.1, 0.15) is 39.1 Å². The average molecular weight is 300 g/mol. The lowest BCUT2D eigenvalue weighted by atomic mass is 9.80. The lowest BCUT2D eigenvalue weighted by molar-refractivity contribution is 0.0204. The van der Waals surface area contributed by atoms with E-state index in [1.165, 1.54) is 0 Å². The van der Waals surface area contributed by atoms with Crippen molar-refractivity contribution >= 4 is 5.97 Å². The maximum atomic E-state index is 12.4. The van der Waals surface area contributed by atoms with Crippen molar-refractivity contribution < 1.29 is 9.53 Å². The van der Waals surface area contributed by atoms with Gasteiger partial charge in [-0.05, 0) is 22.8 Å². The molecule has 0 spiro atoms. The third-order valence-corrected chi connectivity index (χ3v) is 4.34. The second kappa shape index (κ2) is 5.73. The van der Waals surface area contributed by atoms with Crippen LogP contribution < -0.4 is 0 Å². The van der Waals surface area contributed by atoms with Gasteiger partial charge in [0.1, 0.15) is 6.10 Å². The standard InChI is InChI=1S/C21H16O2/c22-21-18-14-8-7-13-17(18)19(15-9-3-1-4-10-15)20(23-21)16-11-5-2-6-12-16/h1-14,19-20H. The van der Waals surface area contributed by atoms with Crippen LogP contribution in [0.25, 0.3) is 0 Å². The smallest absolute Gasteiger partial charge is 0.339 e. The molecule has 3 aromatic rings. The Hall–Kier alpha value is -2.87. The maximum absolute atomic E-state index is 12.4. The van der Waals surface area contributed by atoms with Crippen molar-refractivity contribution in [1.29, 1.82) is 0 Å². The Morgan fingerprint density at radius 3 is 1.91 bits per heavy atom. The minimum Gasteiger partial charge on any atom is -0.453 e. The summed E-state index contributed by atoms with van der Waals surface area (Å²) in [6.45, 7) is 0. The zero-order valence-corrected chi connectivity index (χ0v) is 12.6. The normalized spacial score (nSPS) is 19.7. The Bertz CT molecular complexity index is 825. The van der Waals surface area contributed by atoms with Gasteiger partial charge in [-0.2, -0.15) is 0 Å². The minimum absolute atomic E-state index is 0.00694. The summed E-state index contributed by atoms with van der Waals surface area (Å²) in [4.78, 5) is 12.4. The number of cyclic esters (lactones) is 1. The van der Waals surface area contributed by atoms with Crippen LogP contribution in [0.2, 0.25) is 0 Å². The first-order valence-electron chi connectivity index (χ1n) is 7.74. The van der Waals surface area contributed by atoms with Crippen molar-refractivity contribution in [2.45, 2.75) is 12.0 Å². The molecule has 0 bridgehead atoms. The second-order valence-corrected chi connectivity index (χ2v) is 5.71. The maximum Gasteiger partial charge on any atom is 0.339 e. The Kier molecular flexibility index (Phi) is 3.43. The van der Waals surface area contributed by atoms with E-state index in [1.807, 2.05) is 72.8 Å². The molecule has 3 aromatic carbocycles. The molecule has 0 fully saturated rings. The van der Waals surface area contributed by atoms with E-state index in [-0.39, 0.29) is 18.0 Å². The fourth-order valence-corrected chi connectivity index (χ4v) is 3.28. The van der Waals surface area contributed by atoms with Crippen molar-refractivity contribution in [1.82, 2.24) is 0 Å². The number of carbonyl (C=O) groups is 1. The topological polar surface area (TPSA) is 26.3 Å². The number of hydrogen-bond acceptors (Lipinski definition) is 2. The molecule has 0 radical (unpaired) electrons. The molecular formula is C21H16O2. The van der Waals surface area contributed by atoms with Gasteiger partial charge in [0, 0.05) is 0 Å². The zero-order valence-electron chi connectivity index (χ0n) is 12.6. The van der Waals surface area contributed by atoms with E-state index in [9.17, 15) is 4.79 Å². The summed E-state index contributed by atoms with van der Waals surface area (Å²) in [5.41, 5.74) is 3.86. The van der Waals surface area contributed by atoms with Crippen LogP contribution in [-0.2, 0) is 4.74 Å². The van der Waals surface area contributed by atoms with Crippen LogP contribution in [0.15, 0.2) is 84.9 Å². The highest BCUT2D eigenvalue weighted by Crippen LogP contribution is 2.44. The van der Waals surface area contributed by atoms with Crippen LogP contribution in [0.5, 0.6) is 0 Å². The van der Waals surface area contributed by atoms with E-state index in [2.05, 4.69) is 12.1 Å². The molecule has 1 aliphatic rings. The molecule has 0 N–H and O–H groups in total. The molecule has 112 valence electrons. The quantitative estimate of drug-likeness (QED) is 0.639. The first kappa shape index (κ1) is 13.8. The summed E-state index contributed by atoms with van der Waals surface area (Å²) < 4.78 is 5.83. The van der Waals surface area contributed by atoms with Gasteiger partial charge in [0.2, 0.25) is 0 Å². The monoisotopic (exact) mass is 300 g/mol. The SMILES string of the molecule is O=C1OC(c2ccccc2)C(c2ccccc2)c2ccccc21. The van der Waals surface area contributed by atoms with Gasteiger partial charge in [-0.1, -0.05) is 78.9 Å². The van der Waals surface area contributed by atoms with Crippen LogP contribution in [-0.4, -0.2) is 5.97 Å². The Labute approximate surface area is 135 Å². The van der Waals surface area contributed by atoms with E-state index in [0.29, 0.717) is 5.56 Å². The fourth-order valence-electron chi connectivity index (χ4n) is 3.28. The van der Waals surface area contributed by atoms with Gasteiger partial charge in [0.25, 0.3) is 0 Å². The van der Waals surface area contributed by atoms with Crippen molar-refractivity contribution in [2.75, 3.05) is 0 Å².